The Kier molecular flexibility index (Phi) is 6.63. The molecule has 0 bridgehead atoms. The Morgan fingerprint density at radius 3 is 2.89 bits per heavy atom. The predicted octanol–water partition coefficient (Wildman–Crippen LogP) is 3.07. The van der Waals surface area contributed by atoms with Crippen molar-refractivity contribution in [3.8, 4) is 0 Å². The summed E-state index contributed by atoms with van der Waals surface area (Å²) in [5.74, 6) is 0.502. The summed E-state index contributed by atoms with van der Waals surface area (Å²) >= 11 is 5.05. The lowest BCUT2D eigenvalue weighted by atomic mass is 10.00. The highest BCUT2D eigenvalue weighted by Gasteiger charge is 2.25. The molecule has 1 aliphatic rings. The molecule has 0 aliphatic heterocycles. The van der Waals surface area contributed by atoms with Crippen LogP contribution in [0.5, 0.6) is 0 Å². The summed E-state index contributed by atoms with van der Waals surface area (Å²) in [6, 6.07) is 2.25. The molecule has 0 unspecified atom stereocenters. The van der Waals surface area contributed by atoms with Crippen LogP contribution in [0.1, 0.15) is 30.6 Å². The maximum absolute atomic E-state index is 11.8. The molecule has 1 aliphatic carbocycles. The number of hydrogen-bond donors (Lipinski definition) is 2. The van der Waals surface area contributed by atoms with Gasteiger partial charge in [-0.05, 0) is 40.8 Å². The van der Waals surface area contributed by atoms with Gasteiger partial charge in [-0.15, -0.1) is 23.7 Å². The predicted molar refractivity (Wildman–Crippen MR) is 81.0 cm³/mol. The van der Waals surface area contributed by atoms with Crippen LogP contribution in [-0.4, -0.2) is 11.9 Å². The van der Waals surface area contributed by atoms with Gasteiger partial charge in [0.2, 0.25) is 5.91 Å². The fourth-order valence-corrected chi connectivity index (χ4v) is 3.65. The fraction of sp³-hybridized carbons (Fsp3) is 0.583. The average Bonchev–Trinajstić information content (AvgIpc) is 2.86. The molecule has 2 rings (SSSR count). The van der Waals surface area contributed by atoms with E-state index in [0.29, 0.717) is 18.9 Å². The lowest BCUT2D eigenvalue weighted by Gasteiger charge is -2.14. The lowest BCUT2D eigenvalue weighted by Crippen LogP contribution is -2.31. The molecule has 1 aromatic rings. The number of halogens is 2. The quantitative estimate of drug-likeness (QED) is 0.874. The second-order valence-electron chi connectivity index (χ2n) is 4.57. The van der Waals surface area contributed by atoms with E-state index in [1.807, 2.05) is 11.4 Å². The van der Waals surface area contributed by atoms with Crippen molar-refractivity contribution in [3.63, 3.8) is 0 Å². The Balaban J connectivity index is 0.00000162. The first-order valence-corrected chi connectivity index (χ1v) is 7.57. The summed E-state index contributed by atoms with van der Waals surface area (Å²) in [4.78, 5) is 12.9. The molecule has 6 heteroatoms. The van der Waals surface area contributed by atoms with Crippen LogP contribution in [-0.2, 0) is 11.3 Å². The van der Waals surface area contributed by atoms with Gasteiger partial charge in [-0.1, -0.05) is 6.42 Å². The van der Waals surface area contributed by atoms with Crippen LogP contribution in [0.25, 0.3) is 0 Å². The van der Waals surface area contributed by atoms with E-state index >= 15 is 0 Å². The number of nitrogens with one attached hydrogen (secondary N) is 1. The van der Waals surface area contributed by atoms with Crippen LogP contribution in [0.4, 0.5) is 0 Å². The van der Waals surface area contributed by atoms with Gasteiger partial charge in [0.05, 0.1) is 6.54 Å². The maximum Gasteiger partial charge on any atom is 0.220 e. The highest BCUT2D eigenvalue weighted by Crippen LogP contribution is 2.26. The van der Waals surface area contributed by atoms with E-state index in [1.54, 1.807) is 11.3 Å². The van der Waals surface area contributed by atoms with E-state index in [2.05, 4.69) is 21.2 Å². The largest absolute Gasteiger partial charge is 0.351 e. The molecule has 1 saturated carbocycles. The van der Waals surface area contributed by atoms with Gasteiger partial charge in [0, 0.05) is 27.2 Å². The maximum atomic E-state index is 11.8. The van der Waals surface area contributed by atoms with Gasteiger partial charge in [0.15, 0.2) is 0 Å². The number of thiophene rings is 1. The number of hydrogen-bond acceptors (Lipinski definition) is 3. The molecule has 102 valence electrons. The summed E-state index contributed by atoms with van der Waals surface area (Å²) in [6.07, 6.45) is 3.90. The van der Waals surface area contributed by atoms with Crippen molar-refractivity contribution in [2.75, 3.05) is 0 Å². The summed E-state index contributed by atoms with van der Waals surface area (Å²) < 4.78 is 1.07. The summed E-state index contributed by atoms with van der Waals surface area (Å²) in [5.41, 5.74) is 5.95. The van der Waals surface area contributed by atoms with Crippen molar-refractivity contribution in [1.29, 1.82) is 0 Å². The first kappa shape index (κ1) is 16.0. The Hall–Kier alpha value is -0.100. The monoisotopic (exact) mass is 352 g/mol. The zero-order valence-electron chi connectivity index (χ0n) is 10.0. The van der Waals surface area contributed by atoms with Gasteiger partial charge in [-0.25, -0.2) is 0 Å². The topological polar surface area (TPSA) is 55.1 Å². The minimum atomic E-state index is 0. The molecular weight excluding hydrogens is 336 g/mol. The second-order valence-corrected chi connectivity index (χ2v) is 6.48. The van der Waals surface area contributed by atoms with Crippen LogP contribution in [0.3, 0.4) is 0 Å². The summed E-state index contributed by atoms with van der Waals surface area (Å²) in [7, 11) is 0. The van der Waals surface area contributed by atoms with E-state index in [-0.39, 0.29) is 24.4 Å². The van der Waals surface area contributed by atoms with Crippen molar-refractivity contribution < 1.29 is 4.79 Å². The van der Waals surface area contributed by atoms with Crippen molar-refractivity contribution in [2.24, 2.45) is 11.7 Å². The van der Waals surface area contributed by atoms with Crippen LogP contribution in [0.15, 0.2) is 15.9 Å². The average molecular weight is 354 g/mol. The molecule has 1 aromatic heterocycles. The number of nitrogens with two attached hydrogens (primary N) is 1. The molecule has 1 amide bonds. The molecule has 3 nitrogen and oxygen atoms in total. The van der Waals surface area contributed by atoms with Crippen molar-refractivity contribution in [3.05, 3.63) is 20.8 Å². The van der Waals surface area contributed by atoms with Crippen molar-refractivity contribution >= 4 is 45.6 Å². The van der Waals surface area contributed by atoms with Gasteiger partial charge < -0.3 is 11.1 Å². The molecule has 1 fully saturated rings. The van der Waals surface area contributed by atoms with E-state index in [1.165, 1.54) is 4.88 Å². The molecule has 0 aromatic carbocycles. The third-order valence-corrected chi connectivity index (χ3v) is 4.94. The van der Waals surface area contributed by atoms with Gasteiger partial charge in [-0.3, -0.25) is 4.79 Å². The van der Waals surface area contributed by atoms with E-state index < -0.39 is 0 Å². The molecule has 0 saturated heterocycles. The number of rotatable bonds is 4. The van der Waals surface area contributed by atoms with Crippen LogP contribution in [0.2, 0.25) is 0 Å². The Bertz CT molecular complexity index is 399. The van der Waals surface area contributed by atoms with E-state index in [4.69, 9.17) is 5.73 Å². The molecule has 0 spiro atoms. The van der Waals surface area contributed by atoms with Crippen LogP contribution >= 0.6 is 39.7 Å². The Morgan fingerprint density at radius 2 is 2.33 bits per heavy atom. The van der Waals surface area contributed by atoms with E-state index in [0.717, 1.165) is 23.7 Å². The number of carbonyl (C=O) groups is 1. The summed E-state index contributed by atoms with van der Waals surface area (Å²) in [5, 5.41) is 4.98. The molecule has 18 heavy (non-hydrogen) atoms. The first-order chi connectivity index (χ1) is 8.15. The van der Waals surface area contributed by atoms with Crippen molar-refractivity contribution in [2.45, 2.75) is 38.3 Å². The normalized spacial score (nSPS) is 22.6. The van der Waals surface area contributed by atoms with Crippen LogP contribution in [0, 0.1) is 5.92 Å². The number of carbonyl (C=O) groups excluding carboxylic acids is 1. The third kappa shape index (κ3) is 4.53. The fourth-order valence-electron chi connectivity index (χ4n) is 2.26. The zero-order chi connectivity index (χ0) is 12.3. The molecule has 2 atom stereocenters. The van der Waals surface area contributed by atoms with Gasteiger partial charge in [0.1, 0.15) is 0 Å². The third-order valence-electron chi connectivity index (χ3n) is 3.25. The highest BCUT2D eigenvalue weighted by molar-refractivity contribution is 9.10. The second kappa shape index (κ2) is 7.48. The van der Waals surface area contributed by atoms with Crippen molar-refractivity contribution in [1.82, 2.24) is 5.32 Å². The minimum absolute atomic E-state index is 0. The SMILES string of the molecule is Cl.N[C@@H]1CCC[C@H]1CC(=O)NCc1cc(Br)cs1. The van der Waals surface area contributed by atoms with Gasteiger partial charge in [0.25, 0.3) is 0 Å². The highest BCUT2D eigenvalue weighted by atomic mass is 79.9. The Labute approximate surface area is 126 Å². The zero-order valence-corrected chi connectivity index (χ0v) is 13.2. The molecule has 3 N–H and O–H groups in total. The Morgan fingerprint density at radius 1 is 1.56 bits per heavy atom. The summed E-state index contributed by atoms with van der Waals surface area (Å²) in [6.45, 7) is 0.622. The van der Waals surface area contributed by atoms with Crippen LogP contribution < -0.4 is 11.1 Å². The lowest BCUT2D eigenvalue weighted by molar-refractivity contribution is -0.122. The standard InChI is InChI=1S/C12H17BrN2OS.ClH/c13-9-5-10(17-7-9)6-15-12(16)4-8-2-1-3-11(8)14;/h5,7-8,11H,1-4,6,14H2,(H,15,16);1H/t8-,11+;/m0./s1. The molecular formula is C12H18BrClN2OS. The molecule has 1 heterocycles. The smallest absolute Gasteiger partial charge is 0.220 e. The van der Waals surface area contributed by atoms with Gasteiger partial charge >= 0.3 is 0 Å². The van der Waals surface area contributed by atoms with E-state index in [9.17, 15) is 4.79 Å². The number of amides is 1. The van der Waals surface area contributed by atoms with Gasteiger partial charge in [-0.2, -0.15) is 0 Å². The first-order valence-electron chi connectivity index (χ1n) is 5.90. The molecule has 0 radical (unpaired) electrons. The minimum Gasteiger partial charge on any atom is -0.351 e.